The molecule has 11 heteroatoms. The third-order valence-electron chi connectivity index (χ3n) is 2.96. The van der Waals surface area contributed by atoms with Crippen LogP contribution in [0.15, 0.2) is 14.7 Å². The number of carbonyl (C=O) groups excluding carboxylic acids is 1. The van der Waals surface area contributed by atoms with Crippen molar-refractivity contribution < 1.29 is 13.2 Å². The first-order valence-electron chi connectivity index (χ1n) is 5.70. The molecule has 0 saturated carbocycles. The lowest BCUT2D eigenvalue weighted by atomic mass is 10.5. The molecule has 114 valence electrons. The summed E-state index contributed by atoms with van der Waals surface area (Å²) in [5.74, 6) is -0.838. The van der Waals surface area contributed by atoms with E-state index >= 15 is 0 Å². The molecule has 0 radical (unpaired) electrons. The van der Waals surface area contributed by atoms with Crippen LogP contribution in [0, 0.1) is 0 Å². The predicted octanol–water partition coefficient (Wildman–Crippen LogP) is -2.68. The average molecular weight is 315 g/mol. The molecule has 0 aliphatic rings. The Morgan fingerprint density at radius 2 is 1.81 bits per heavy atom. The van der Waals surface area contributed by atoms with E-state index in [2.05, 4.69) is 4.98 Å². The molecule has 0 aromatic carbocycles. The molecule has 0 bridgehead atoms. The molecule has 0 aliphatic carbocycles. The van der Waals surface area contributed by atoms with Crippen molar-refractivity contribution in [3.8, 4) is 0 Å². The fourth-order valence-corrected chi connectivity index (χ4v) is 2.82. The number of amides is 1. The van der Waals surface area contributed by atoms with E-state index in [-0.39, 0.29) is 11.2 Å². The Morgan fingerprint density at radius 3 is 2.29 bits per heavy atom. The number of hydrogen-bond donors (Lipinski definition) is 1. The molecule has 2 N–H and O–H groups in total. The summed E-state index contributed by atoms with van der Waals surface area (Å²) < 4.78 is 26.3. The van der Waals surface area contributed by atoms with Crippen LogP contribution < -0.4 is 17.0 Å². The maximum Gasteiger partial charge on any atom is 0.332 e. The minimum absolute atomic E-state index is 0.121. The van der Waals surface area contributed by atoms with Crippen LogP contribution in [0.4, 0.5) is 0 Å². The van der Waals surface area contributed by atoms with Gasteiger partial charge in [-0.3, -0.25) is 23.3 Å². The molecule has 0 saturated heterocycles. The van der Waals surface area contributed by atoms with E-state index in [0.29, 0.717) is 0 Å². The third-order valence-corrected chi connectivity index (χ3v) is 3.93. The lowest BCUT2D eigenvalue weighted by molar-refractivity contribution is -0.118. The van der Waals surface area contributed by atoms with Crippen molar-refractivity contribution in [2.75, 3.05) is 6.26 Å². The number of carbonyl (C=O) groups is 1. The summed E-state index contributed by atoms with van der Waals surface area (Å²) in [7, 11) is -1.23. The summed E-state index contributed by atoms with van der Waals surface area (Å²) in [6.45, 7) is -0.535. The Labute approximate surface area is 118 Å². The molecule has 0 atom stereocenters. The van der Waals surface area contributed by atoms with Crippen LogP contribution in [0.2, 0.25) is 0 Å². The molecule has 2 rings (SSSR count). The molecule has 21 heavy (non-hydrogen) atoms. The summed E-state index contributed by atoms with van der Waals surface area (Å²) >= 11 is 0. The van der Waals surface area contributed by atoms with Crippen LogP contribution in [0.25, 0.3) is 11.2 Å². The van der Waals surface area contributed by atoms with Crippen LogP contribution in [0.5, 0.6) is 0 Å². The summed E-state index contributed by atoms with van der Waals surface area (Å²) in [6.07, 6.45) is 0.883. The van der Waals surface area contributed by atoms with Gasteiger partial charge in [0.1, 0.15) is 6.54 Å². The number of imidazole rings is 1. The second-order valence-electron chi connectivity index (χ2n) is 4.60. The molecule has 0 aliphatic heterocycles. The quantitative estimate of drug-likeness (QED) is 0.655. The lowest BCUT2D eigenvalue weighted by Gasteiger charge is -2.06. The van der Waals surface area contributed by atoms with Gasteiger partial charge in [-0.15, -0.1) is 0 Å². The highest BCUT2D eigenvalue weighted by Gasteiger charge is 2.25. The number of hydrogen-bond acceptors (Lipinski definition) is 6. The highest BCUT2D eigenvalue weighted by atomic mass is 32.2. The zero-order valence-electron chi connectivity index (χ0n) is 11.5. The fraction of sp³-hybridized carbons (Fsp3) is 0.400. The van der Waals surface area contributed by atoms with Crippen LogP contribution in [-0.4, -0.2) is 39.3 Å². The summed E-state index contributed by atoms with van der Waals surface area (Å²) in [6, 6.07) is 0. The highest BCUT2D eigenvalue weighted by molar-refractivity contribution is 7.90. The Kier molecular flexibility index (Phi) is 3.24. The number of rotatable bonds is 3. The van der Waals surface area contributed by atoms with Gasteiger partial charge in [-0.05, 0) is 0 Å². The minimum atomic E-state index is -3.82. The molecule has 10 nitrogen and oxygen atoms in total. The van der Waals surface area contributed by atoms with Gasteiger partial charge in [-0.25, -0.2) is 13.2 Å². The lowest BCUT2D eigenvalue weighted by Crippen LogP contribution is -2.38. The number of aryl methyl sites for hydroxylation is 1. The van der Waals surface area contributed by atoms with Crippen molar-refractivity contribution >= 4 is 26.9 Å². The maximum absolute atomic E-state index is 12.2. The van der Waals surface area contributed by atoms with Crippen molar-refractivity contribution in [2.45, 2.75) is 11.7 Å². The Balaban J connectivity index is 3.13. The van der Waals surface area contributed by atoms with E-state index in [0.717, 1.165) is 20.0 Å². The van der Waals surface area contributed by atoms with Crippen molar-refractivity contribution in [2.24, 2.45) is 19.8 Å². The van der Waals surface area contributed by atoms with Gasteiger partial charge < -0.3 is 5.73 Å². The number of sulfone groups is 1. The molecule has 0 spiro atoms. The first kappa shape index (κ1) is 15.0. The zero-order valence-corrected chi connectivity index (χ0v) is 12.3. The van der Waals surface area contributed by atoms with Crippen molar-refractivity contribution in [1.82, 2.24) is 18.7 Å². The van der Waals surface area contributed by atoms with E-state index in [4.69, 9.17) is 5.73 Å². The van der Waals surface area contributed by atoms with Gasteiger partial charge in [0, 0.05) is 20.4 Å². The largest absolute Gasteiger partial charge is 0.368 e. The summed E-state index contributed by atoms with van der Waals surface area (Å²) in [4.78, 5) is 39.0. The van der Waals surface area contributed by atoms with E-state index in [1.54, 1.807) is 0 Å². The van der Waals surface area contributed by atoms with Crippen molar-refractivity contribution in [3.05, 3.63) is 20.8 Å². The van der Waals surface area contributed by atoms with E-state index in [1.807, 2.05) is 0 Å². The SMILES string of the molecule is Cn1c(=O)c2c(nc(S(C)(=O)=O)n2CC(N)=O)n(C)c1=O. The van der Waals surface area contributed by atoms with Crippen LogP contribution >= 0.6 is 0 Å². The van der Waals surface area contributed by atoms with Crippen molar-refractivity contribution in [1.29, 1.82) is 0 Å². The zero-order chi connectivity index (χ0) is 16.1. The third kappa shape index (κ3) is 2.24. The van der Waals surface area contributed by atoms with Gasteiger partial charge in [0.15, 0.2) is 11.2 Å². The number of fused-ring (bicyclic) bond motifs is 1. The van der Waals surface area contributed by atoms with Gasteiger partial charge in [-0.2, -0.15) is 4.98 Å². The smallest absolute Gasteiger partial charge is 0.332 e. The molecular formula is C10H13N5O5S. The number of primary amides is 1. The first-order valence-corrected chi connectivity index (χ1v) is 7.59. The summed E-state index contributed by atoms with van der Waals surface area (Å²) in [5, 5.41) is -0.491. The molecular weight excluding hydrogens is 302 g/mol. The molecule has 0 fully saturated rings. The van der Waals surface area contributed by atoms with E-state index < -0.39 is 38.7 Å². The number of nitrogens with zero attached hydrogens (tertiary/aromatic N) is 4. The van der Waals surface area contributed by atoms with E-state index in [1.165, 1.54) is 14.1 Å². The van der Waals surface area contributed by atoms with Crippen LogP contribution in [0.3, 0.4) is 0 Å². The standard InChI is InChI=1S/C10H13N5O5S/c1-13-7-6(8(17)14(2)10(13)18)15(4-5(11)16)9(12-7)21(3,19)20/h4H2,1-3H3,(H2,11,16). The van der Waals surface area contributed by atoms with Crippen LogP contribution in [0.1, 0.15) is 0 Å². The maximum atomic E-state index is 12.2. The summed E-state index contributed by atoms with van der Waals surface area (Å²) in [5.41, 5.74) is 3.39. The molecule has 1 amide bonds. The van der Waals surface area contributed by atoms with E-state index in [9.17, 15) is 22.8 Å². The fourth-order valence-electron chi connectivity index (χ4n) is 2.01. The van der Waals surface area contributed by atoms with Gasteiger partial charge in [-0.1, -0.05) is 0 Å². The molecule has 0 unspecified atom stereocenters. The van der Waals surface area contributed by atoms with Gasteiger partial charge in [0.2, 0.25) is 20.9 Å². The minimum Gasteiger partial charge on any atom is -0.368 e. The van der Waals surface area contributed by atoms with Gasteiger partial charge >= 0.3 is 5.69 Å². The predicted molar refractivity (Wildman–Crippen MR) is 72.5 cm³/mol. The highest BCUT2D eigenvalue weighted by Crippen LogP contribution is 2.15. The van der Waals surface area contributed by atoms with Gasteiger partial charge in [0.05, 0.1) is 0 Å². The Bertz CT molecular complexity index is 978. The second-order valence-corrected chi connectivity index (χ2v) is 6.51. The normalized spacial score (nSPS) is 12.0. The van der Waals surface area contributed by atoms with Crippen LogP contribution in [-0.2, 0) is 35.3 Å². The van der Waals surface area contributed by atoms with Gasteiger partial charge in [0.25, 0.3) is 5.56 Å². The monoisotopic (exact) mass is 315 g/mol. The number of nitrogens with two attached hydrogens (primary N) is 1. The number of aromatic nitrogens is 4. The molecule has 2 aromatic rings. The first-order chi connectivity index (χ1) is 9.55. The Morgan fingerprint density at radius 1 is 1.24 bits per heavy atom. The Hall–Kier alpha value is -2.43. The molecule has 2 aromatic heterocycles. The van der Waals surface area contributed by atoms with Crippen molar-refractivity contribution in [3.63, 3.8) is 0 Å². The topological polar surface area (TPSA) is 139 Å². The average Bonchev–Trinajstić information content (AvgIpc) is 2.72. The second kappa shape index (κ2) is 4.55. The molecule has 2 heterocycles.